The summed E-state index contributed by atoms with van der Waals surface area (Å²) in [5.41, 5.74) is 1.31. The summed E-state index contributed by atoms with van der Waals surface area (Å²) in [7, 11) is 0. The summed E-state index contributed by atoms with van der Waals surface area (Å²) >= 11 is 0. The molecule has 1 aromatic carbocycles. The lowest BCUT2D eigenvalue weighted by molar-refractivity contribution is -0.129. The van der Waals surface area contributed by atoms with E-state index in [9.17, 15) is 9.59 Å². The lowest BCUT2D eigenvalue weighted by Crippen LogP contribution is -2.46. The third-order valence-electron chi connectivity index (χ3n) is 6.66. The molecular formula is C26H28O7. The fraction of sp³-hybridized carbons (Fsp3) is 0.462. The fourth-order valence-electron chi connectivity index (χ4n) is 5.01. The molecule has 1 saturated carbocycles. The van der Waals surface area contributed by atoms with Gasteiger partial charge in [0.25, 0.3) is 0 Å². The van der Waals surface area contributed by atoms with Gasteiger partial charge in [0.2, 0.25) is 5.76 Å². The monoisotopic (exact) mass is 452 g/mol. The first-order valence-corrected chi connectivity index (χ1v) is 11.7. The lowest BCUT2D eigenvalue weighted by Gasteiger charge is -2.41. The summed E-state index contributed by atoms with van der Waals surface area (Å²) in [6.45, 7) is 3.30. The van der Waals surface area contributed by atoms with Crippen molar-refractivity contribution in [3.8, 4) is 11.5 Å². The molecule has 5 rings (SSSR count). The van der Waals surface area contributed by atoms with Crippen LogP contribution < -0.4 is 9.47 Å². The summed E-state index contributed by atoms with van der Waals surface area (Å²) in [5.74, 6) is 0.943. The van der Waals surface area contributed by atoms with Crippen molar-refractivity contribution in [1.29, 1.82) is 0 Å². The summed E-state index contributed by atoms with van der Waals surface area (Å²) in [5, 5.41) is 0. The van der Waals surface area contributed by atoms with Crippen LogP contribution in [0.4, 0.5) is 0 Å². The minimum absolute atomic E-state index is 0.0673. The van der Waals surface area contributed by atoms with Gasteiger partial charge in [-0.3, -0.25) is 4.79 Å². The Balaban J connectivity index is 1.35. The van der Waals surface area contributed by atoms with E-state index in [1.165, 1.54) is 6.26 Å². The van der Waals surface area contributed by atoms with Crippen LogP contribution in [0.5, 0.6) is 11.5 Å². The van der Waals surface area contributed by atoms with E-state index in [0.717, 1.165) is 24.8 Å². The zero-order chi connectivity index (χ0) is 22.8. The normalized spacial score (nSPS) is 26.5. The Morgan fingerprint density at radius 1 is 1.12 bits per heavy atom. The van der Waals surface area contributed by atoms with Gasteiger partial charge in [-0.1, -0.05) is 19.4 Å². The quantitative estimate of drug-likeness (QED) is 0.603. The third kappa shape index (κ3) is 4.36. The van der Waals surface area contributed by atoms with Crippen LogP contribution in [0.2, 0.25) is 0 Å². The second-order valence-corrected chi connectivity index (χ2v) is 8.83. The molecule has 0 spiro atoms. The second-order valence-electron chi connectivity index (χ2n) is 8.83. The van der Waals surface area contributed by atoms with Gasteiger partial charge in [-0.25, -0.2) is 4.79 Å². The molecule has 1 aliphatic carbocycles. The van der Waals surface area contributed by atoms with E-state index in [1.54, 1.807) is 18.4 Å². The van der Waals surface area contributed by atoms with E-state index in [2.05, 4.69) is 6.92 Å². The van der Waals surface area contributed by atoms with Crippen LogP contribution in [0.3, 0.4) is 0 Å². The van der Waals surface area contributed by atoms with E-state index < -0.39 is 5.97 Å². The SMILES string of the molecule is CCCC1CC2C(=O)C(c3ccc4c(c3)OCCCO4)=COC2CC1OC(=O)c1ccco1. The predicted molar refractivity (Wildman–Crippen MR) is 119 cm³/mol. The fourth-order valence-corrected chi connectivity index (χ4v) is 5.01. The van der Waals surface area contributed by atoms with Gasteiger partial charge in [0.15, 0.2) is 17.3 Å². The van der Waals surface area contributed by atoms with E-state index in [0.29, 0.717) is 43.1 Å². The van der Waals surface area contributed by atoms with Crippen LogP contribution in [0.15, 0.2) is 47.3 Å². The van der Waals surface area contributed by atoms with Gasteiger partial charge in [0.05, 0.1) is 37.2 Å². The van der Waals surface area contributed by atoms with Crippen LogP contribution >= 0.6 is 0 Å². The lowest BCUT2D eigenvalue weighted by atomic mass is 9.71. The van der Waals surface area contributed by atoms with Gasteiger partial charge < -0.3 is 23.4 Å². The molecule has 2 aromatic rings. The Morgan fingerprint density at radius 3 is 2.76 bits per heavy atom. The molecule has 33 heavy (non-hydrogen) atoms. The number of allylic oxidation sites excluding steroid dienone is 1. The number of esters is 1. The maximum Gasteiger partial charge on any atom is 0.374 e. The van der Waals surface area contributed by atoms with Gasteiger partial charge in [-0.2, -0.15) is 0 Å². The number of fused-ring (bicyclic) bond motifs is 2. The first kappa shape index (κ1) is 21.6. The van der Waals surface area contributed by atoms with Crippen molar-refractivity contribution in [3.63, 3.8) is 0 Å². The molecule has 7 nitrogen and oxygen atoms in total. The largest absolute Gasteiger partial charge is 0.496 e. The average Bonchev–Trinajstić information content (AvgIpc) is 3.26. The zero-order valence-electron chi connectivity index (χ0n) is 18.7. The molecule has 0 amide bonds. The highest BCUT2D eigenvalue weighted by molar-refractivity contribution is 6.22. The second kappa shape index (κ2) is 9.33. The predicted octanol–water partition coefficient (Wildman–Crippen LogP) is 4.80. The van der Waals surface area contributed by atoms with Gasteiger partial charge in [-0.05, 0) is 48.6 Å². The van der Waals surface area contributed by atoms with Crippen molar-refractivity contribution in [2.75, 3.05) is 13.2 Å². The highest BCUT2D eigenvalue weighted by Gasteiger charge is 2.45. The molecule has 2 aliphatic heterocycles. The first-order valence-electron chi connectivity index (χ1n) is 11.7. The molecule has 1 aromatic heterocycles. The van der Waals surface area contributed by atoms with Crippen LogP contribution in [0.1, 0.15) is 55.1 Å². The minimum atomic E-state index is -0.477. The molecule has 3 aliphatic rings. The van der Waals surface area contributed by atoms with Crippen molar-refractivity contribution >= 4 is 17.3 Å². The molecule has 0 radical (unpaired) electrons. The Hall–Kier alpha value is -3.22. The Labute approximate surface area is 192 Å². The molecule has 0 N–H and O–H groups in total. The van der Waals surface area contributed by atoms with Gasteiger partial charge in [0.1, 0.15) is 12.2 Å². The van der Waals surface area contributed by atoms with Crippen LogP contribution in [0, 0.1) is 11.8 Å². The smallest absolute Gasteiger partial charge is 0.374 e. The van der Waals surface area contributed by atoms with E-state index >= 15 is 0 Å². The zero-order valence-corrected chi connectivity index (χ0v) is 18.7. The average molecular weight is 453 g/mol. The molecule has 0 bridgehead atoms. The third-order valence-corrected chi connectivity index (χ3v) is 6.66. The standard InChI is InChI=1S/C26H28O7/c1-2-5-17-12-18-23(14-22(17)33-26(28)21-6-3-9-30-21)32-15-19(25(18)27)16-7-8-20-24(13-16)31-11-4-10-29-20/h3,6-9,13,15,17-18,22-23H,2,4-5,10-12,14H2,1H3. The highest BCUT2D eigenvalue weighted by Crippen LogP contribution is 2.42. The van der Waals surface area contributed by atoms with Crippen LogP contribution in [-0.4, -0.2) is 37.2 Å². The topological polar surface area (TPSA) is 84.2 Å². The Morgan fingerprint density at radius 2 is 1.97 bits per heavy atom. The molecule has 4 atom stereocenters. The van der Waals surface area contributed by atoms with Crippen molar-refractivity contribution < 1.29 is 33.0 Å². The molecule has 174 valence electrons. The van der Waals surface area contributed by atoms with Crippen LogP contribution in [0.25, 0.3) is 5.57 Å². The molecular weight excluding hydrogens is 424 g/mol. The summed E-state index contributed by atoms with van der Waals surface area (Å²) < 4.78 is 28.5. The van der Waals surface area contributed by atoms with E-state index in [1.807, 2.05) is 18.2 Å². The van der Waals surface area contributed by atoms with E-state index in [-0.39, 0.29) is 35.6 Å². The number of carbonyl (C=O) groups is 2. The highest BCUT2D eigenvalue weighted by atomic mass is 16.6. The van der Waals surface area contributed by atoms with Crippen LogP contribution in [-0.2, 0) is 14.3 Å². The van der Waals surface area contributed by atoms with E-state index in [4.69, 9.17) is 23.4 Å². The maximum absolute atomic E-state index is 13.5. The molecule has 0 saturated heterocycles. The molecule has 3 heterocycles. The van der Waals surface area contributed by atoms with Crippen molar-refractivity contribution in [2.45, 2.75) is 51.2 Å². The number of furan rings is 1. The number of hydrogen-bond acceptors (Lipinski definition) is 7. The number of ketones is 1. The van der Waals surface area contributed by atoms with Gasteiger partial charge in [-0.15, -0.1) is 0 Å². The summed E-state index contributed by atoms with van der Waals surface area (Å²) in [6, 6.07) is 8.83. The number of Topliss-reactive ketones (excluding diaryl/α,β-unsaturated/α-hetero) is 1. The van der Waals surface area contributed by atoms with Crippen molar-refractivity contribution in [3.05, 3.63) is 54.2 Å². The Bertz CT molecular complexity index is 1040. The first-order chi connectivity index (χ1) is 16.1. The number of carbonyl (C=O) groups excluding carboxylic acids is 2. The van der Waals surface area contributed by atoms with Crippen molar-refractivity contribution in [2.24, 2.45) is 11.8 Å². The molecule has 1 fully saturated rings. The summed E-state index contributed by atoms with van der Waals surface area (Å²) in [4.78, 5) is 26.0. The number of rotatable bonds is 5. The number of benzene rings is 1. The molecule has 4 unspecified atom stereocenters. The summed E-state index contributed by atoms with van der Waals surface area (Å²) in [6.07, 6.45) is 6.11. The molecule has 7 heteroatoms. The van der Waals surface area contributed by atoms with Gasteiger partial charge in [0, 0.05) is 12.8 Å². The van der Waals surface area contributed by atoms with Gasteiger partial charge >= 0.3 is 5.97 Å². The van der Waals surface area contributed by atoms with Crippen molar-refractivity contribution in [1.82, 2.24) is 0 Å². The Kier molecular flexibility index (Phi) is 6.11. The minimum Gasteiger partial charge on any atom is -0.496 e. The number of hydrogen-bond donors (Lipinski definition) is 0. The maximum atomic E-state index is 13.5. The number of ether oxygens (including phenoxy) is 4.